The monoisotopic (exact) mass is 375 g/mol. The van der Waals surface area contributed by atoms with Crippen LogP contribution in [-0.4, -0.2) is 29.9 Å². The van der Waals surface area contributed by atoms with Crippen LogP contribution < -0.4 is 4.90 Å². The molecule has 2 rings (SSSR count). The van der Waals surface area contributed by atoms with Crippen molar-refractivity contribution in [1.82, 2.24) is 10.2 Å². The topological polar surface area (TPSA) is 51.4 Å². The average molecular weight is 375 g/mol. The molecule has 0 amide bonds. The van der Waals surface area contributed by atoms with Crippen LogP contribution in [0.4, 0.5) is 10.4 Å². The summed E-state index contributed by atoms with van der Waals surface area (Å²) in [6.07, 6.45) is 7.49. The van der Waals surface area contributed by atoms with E-state index in [9.17, 15) is 4.39 Å². The quantitative estimate of drug-likeness (QED) is 0.348. The molecule has 0 saturated carbocycles. The van der Waals surface area contributed by atoms with Crippen LogP contribution >= 0.6 is 0 Å². The number of halogens is 1. The maximum Gasteiger partial charge on any atom is 0.318 e. The molecule has 0 aliphatic carbocycles. The summed E-state index contributed by atoms with van der Waals surface area (Å²) in [6, 6.07) is 6.53. The Labute approximate surface area is 161 Å². The van der Waals surface area contributed by atoms with Gasteiger partial charge in [0.1, 0.15) is 12.4 Å². The van der Waals surface area contributed by atoms with E-state index < -0.39 is 0 Å². The van der Waals surface area contributed by atoms with E-state index in [1.807, 2.05) is 43.9 Å². The van der Waals surface area contributed by atoms with Gasteiger partial charge in [0.05, 0.1) is 12.8 Å². The molecule has 27 heavy (non-hydrogen) atoms. The molecule has 0 saturated heterocycles. The van der Waals surface area contributed by atoms with Gasteiger partial charge in [0.2, 0.25) is 5.89 Å². The van der Waals surface area contributed by atoms with Crippen LogP contribution in [0.5, 0.6) is 0 Å². The number of rotatable bonds is 8. The lowest BCUT2D eigenvalue weighted by Gasteiger charge is -2.21. The predicted molar refractivity (Wildman–Crippen MR) is 108 cm³/mol. The summed E-state index contributed by atoms with van der Waals surface area (Å²) in [5, 5.41) is 8.11. The standard InChI is InChI=1S/C17H22FN3O2.C4H8/c1-4-9-22-10-8-21(12-13(2)3)17-20-19-16(23-17)14-6-5-7-15(18)11-14;1-3-4-2/h4-7,9,11,13H,8,10,12H2,1-3H3;3-4H,1-2H3/b9-4+;4-3-. The van der Waals surface area contributed by atoms with Gasteiger partial charge in [-0.3, -0.25) is 0 Å². The smallest absolute Gasteiger partial charge is 0.318 e. The molecule has 0 atom stereocenters. The van der Waals surface area contributed by atoms with Gasteiger partial charge in [-0.25, -0.2) is 4.39 Å². The second-order valence-corrected chi connectivity index (χ2v) is 6.25. The number of hydrogen-bond donors (Lipinski definition) is 0. The molecule has 0 aliphatic rings. The van der Waals surface area contributed by atoms with Gasteiger partial charge < -0.3 is 14.1 Å². The SMILES string of the molecule is C/C=C/OCCN(CC(C)C)c1nnc(-c2cccc(F)c2)o1.C/C=C\C. The number of anilines is 1. The third-order valence-corrected chi connectivity index (χ3v) is 3.39. The molecule has 1 heterocycles. The van der Waals surface area contributed by atoms with E-state index in [0.717, 1.165) is 6.54 Å². The second-order valence-electron chi connectivity index (χ2n) is 6.25. The minimum absolute atomic E-state index is 0.308. The highest BCUT2D eigenvalue weighted by molar-refractivity contribution is 5.53. The molecule has 0 spiro atoms. The fourth-order valence-electron chi connectivity index (χ4n) is 2.11. The Morgan fingerprint density at radius 3 is 2.48 bits per heavy atom. The van der Waals surface area contributed by atoms with Gasteiger partial charge >= 0.3 is 6.01 Å². The van der Waals surface area contributed by atoms with E-state index in [0.29, 0.717) is 36.5 Å². The van der Waals surface area contributed by atoms with Crippen molar-refractivity contribution in [3.63, 3.8) is 0 Å². The summed E-state index contributed by atoms with van der Waals surface area (Å²) >= 11 is 0. The first-order valence-electron chi connectivity index (χ1n) is 9.16. The Morgan fingerprint density at radius 2 is 1.89 bits per heavy atom. The van der Waals surface area contributed by atoms with Gasteiger partial charge in [0, 0.05) is 12.1 Å². The third kappa shape index (κ3) is 8.53. The van der Waals surface area contributed by atoms with Crippen molar-refractivity contribution in [2.75, 3.05) is 24.6 Å². The molecule has 0 radical (unpaired) electrons. The van der Waals surface area contributed by atoms with E-state index in [2.05, 4.69) is 24.0 Å². The highest BCUT2D eigenvalue weighted by Crippen LogP contribution is 2.23. The van der Waals surface area contributed by atoms with Crippen molar-refractivity contribution < 1.29 is 13.5 Å². The summed E-state index contributed by atoms with van der Waals surface area (Å²) in [4.78, 5) is 1.98. The van der Waals surface area contributed by atoms with Crippen molar-refractivity contribution in [3.8, 4) is 11.5 Å². The molecule has 0 bridgehead atoms. The molecule has 0 N–H and O–H groups in total. The van der Waals surface area contributed by atoms with Crippen LogP contribution in [-0.2, 0) is 4.74 Å². The van der Waals surface area contributed by atoms with Crippen molar-refractivity contribution in [2.45, 2.75) is 34.6 Å². The molecule has 2 aromatic rings. The van der Waals surface area contributed by atoms with Gasteiger partial charge in [0.15, 0.2) is 0 Å². The molecular weight excluding hydrogens is 345 g/mol. The number of allylic oxidation sites excluding steroid dienone is 3. The fourth-order valence-corrected chi connectivity index (χ4v) is 2.11. The zero-order valence-electron chi connectivity index (χ0n) is 16.9. The van der Waals surface area contributed by atoms with Crippen molar-refractivity contribution in [3.05, 3.63) is 54.6 Å². The number of nitrogens with zero attached hydrogens (tertiary/aromatic N) is 3. The van der Waals surface area contributed by atoms with Gasteiger partial charge in [0.25, 0.3) is 0 Å². The number of benzene rings is 1. The first-order valence-corrected chi connectivity index (χ1v) is 9.16. The first-order chi connectivity index (χ1) is 13.0. The second kappa shape index (κ2) is 12.7. The Bertz CT molecular complexity index is 707. The predicted octanol–water partition coefficient (Wildman–Crippen LogP) is 5.47. The molecular formula is C21H30FN3O2. The van der Waals surface area contributed by atoms with Crippen LogP contribution in [0.25, 0.3) is 11.5 Å². The Balaban J connectivity index is 0.000000828. The Hall–Kier alpha value is -2.63. The zero-order chi connectivity index (χ0) is 20.1. The zero-order valence-corrected chi connectivity index (χ0v) is 16.9. The lowest BCUT2D eigenvalue weighted by Crippen LogP contribution is -2.31. The largest absolute Gasteiger partial charge is 0.500 e. The molecule has 5 nitrogen and oxygen atoms in total. The summed E-state index contributed by atoms with van der Waals surface area (Å²) in [5.41, 5.74) is 0.568. The van der Waals surface area contributed by atoms with Gasteiger partial charge in [-0.05, 0) is 44.9 Å². The van der Waals surface area contributed by atoms with Crippen molar-refractivity contribution in [1.29, 1.82) is 0 Å². The Morgan fingerprint density at radius 1 is 1.15 bits per heavy atom. The normalized spacial score (nSPS) is 11.1. The molecule has 0 unspecified atom stereocenters. The number of aromatic nitrogens is 2. The van der Waals surface area contributed by atoms with Crippen LogP contribution in [0, 0.1) is 11.7 Å². The fraction of sp³-hybridized carbons (Fsp3) is 0.429. The lowest BCUT2D eigenvalue weighted by molar-refractivity contribution is 0.252. The van der Waals surface area contributed by atoms with E-state index in [4.69, 9.17) is 9.15 Å². The van der Waals surface area contributed by atoms with Crippen LogP contribution in [0.3, 0.4) is 0 Å². The average Bonchev–Trinajstić information content (AvgIpc) is 3.14. The van der Waals surface area contributed by atoms with Crippen molar-refractivity contribution >= 4 is 6.01 Å². The Kier molecular flexibility index (Phi) is 10.5. The molecule has 1 aromatic heterocycles. The third-order valence-electron chi connectivity index (χ3n) is 3.39. The molecule has 1 aromatic carbocycles. The maximum atomic E-state index is 13.3. The summed E-state index contributed by atoms with van der Waals surface area (Å²) in [7, 11) is 0. The molecule has 148 valence electrons. The van der Waals surface area contributed by atoms with Crippen molar-refractivity contribution in [2.24, 2.45) is 5.92 Å². The molecule has 0 fully saturated rings. The van der Waals surface area contributed by atoms with E-state index in [1.54, 1.807) is 18.4 Å². The molecule has 0 aliphatic heterocycles. The summed E-state index contributed by atoms with van der Waals surface area (Å²) in [5.74, 6) is 0.407. The number of hydrogen-bond acceptors (Lipinski definition) is 5. The van der Waals surface area contributed by atoms with Crippen LogP contribution in [0.1, 0.15) is 34.6 Å². The maximum absolute atomic E-state index is 13.3. The van der Waals surface area contributed by atoms with E-state index >= 15 is 0 Å². The summed E-state index contributed by atoms with van der Waals surface area (Å²) in [6.45, 7) is 12.1. The first kappa shape index (κ1) is 22.4. The molecule has 6 heteroatoms. The lowest BCUT2D eigenvalue weighted by atomic mass is 10.2. The summed E-state index contributed by atoms with van der Waals surface area (Å²) < 4.78 is 24.4. The van der Waals surface area contributed by atoms with Gasteiger partial charge in [-0.1, -0.05) is 43.2 Å². The highest BCUT2D eigenvalue weighted by Gasteiger charge is 2.17. The highest BCUT2D eigenvalue weighted by atomic mass is 19.1. The van der Waals surface area contributed by atoms with Gasteiger partial charge in [-0.15, -0.1) is 5.10 Å². The minimum Gasteiger partial charge on any atom is -0.500 e. The van der Waals surface area contributed by atoms with Crippen LogP contribution in [0.2, 0.25) is 0 Å². The number of ether oxygens (including phenoxy) is 1. The van der Waals surface area contributed by atoms with Crippen LogP contribution in [0.15, 0.2) is 53.2 Å². The van der Waals surface area contributed by atoms with E-state index in [-0.39, 0.29) is 5.82 Å². The minimum atomic E-state index is -0.332. The van der Waals surface area contributed by atoms with Gasteiger partial charge in [-0.2, -0.15) is 0 Å². The van der Waals surface area contributed by atoms with E-state index in [1.165, 1.54) is 12.1 Å².